The smallest absolute Gasteiger partial charge is 0.0674 e. The third kappa shape index (κ3) is 1.41. The van der Waals surface area contributed by atoms with Crippen molar-refractivity contribution in [2.75, 3.05) is 19.7 Å². The van der Waals surface area contributed by atoms with Crippen molar-refractivity contribution in [1.29, 1.82) is 0 Å². The van der Waals surface area contributed by atoms with Crippen molar-refractivity contribution in [2.24, 2.45) is 5.73 Å². The monoisotopic (exact) mass is 156 g/mol. The maximum atomic E-state index is 5.84. The molecule has 11 heavy (non-hydrogen) atoms. The van der Waals surface area contributed by atoms with Crippen LogP contribution in [-0.4, -0.2) is 42.8 Å². The fourth-order valence-electron chi connectivity index (χ4n) is 2.08. The SMILES string of the molecule is C[C@H]1CN2C[C@H](N)C[C@H]2CO1. The zero-order valence-corrected chi connectivity index (χ0v) is 6.99. The molecule has 0 aromatic carbocycles. The minimum Gasteiger partial charge on any atom is -0.376 e. The average molecular weight is 156 g/mol. The van der Waals surface area contributed by atoms with Crippen LogP contribution in [0.15, 0.2) is 0 Å². The predicted octanol–water partition coefficient (Wildman–Crippen LogP) is -0.193. The summed E-state index contributed by atoms with van der Waals surface area (Å²) >= 11 is 0. The first-order chi connectivity index (χ1) is 5.25. The molecule has 3 heteroatoms. The van der Waals surface area contributed by atoms with Crippen LogP contribution in [-0.2, 0) is 4.74 Å². The van der Waals surface area contributed by atoms with Crippen molar-refractivity contribution in [3.05, 3.63) is 0 Å². The molecule has 2 heterocycles. The lowest BCUT2D eigenvalue weighted by atomic mass is 10.2. The van der Waals surface area contributed by atoms with Crippen LogP contribution in [0.1, 0.15) is 13.3 Å². The highest BCUT2D eigenvalue weighted by molar-refractivity contribution is 4.90. The van der Waals surface area contributed by atoms with Gasteiger partial charge >= 0.3 is 0 Å². The van der Waals surface area contributed by atoms with Crippen LogP contribution in [0.4, 0.5) is 0 Å². The molecule has 0 aliphatic carbocycles. The van der Waals surface area contributed by atoms with Crippen molar-refractivity contribution in [1.82, 2.24) is 4.90 Å². The molecule has 0 bridgehead atoms. The van der Waals surface area contributed by atoms with Gasteiger partial charge in [0.2, 0.25) is 0 Å². The lowest BCUT2D eigenvalue weighted by molar-refractivity contribution is -0.0390. The number of ether oxygens (including phenoxy) is 1. The second-order valence-electron chi connectivity index (χ2n) is 3.75. The lowest BCUT2D eigenvalue weighted by Gasteiger charge is -2.33. The summed E-state index contributed by atoms with van der Waals surface area (Å²) in [5.74, 6) is 0. The first-order valence-corrected chi connectivity index (χ1v) is 4.37. The summed E-state index contributed by atoms with van der Waals surface area (Å²) < 4.78 is 5.54. The molecule has 0 radical (unpaired) electrons. The highest BCUT2D eigenvalue weighted by Gasteiger charge is 2.34. The van der Waals surface area contributed by atoms with E-state index in [4.69, 9.17) is 10.5 Å². The Morgan fingerprint density at radius 3 is 3.09 bits per heavy atom. The molecule has 3 nitrogen and oxygen atoms in total. The van der Waals surface area contributed by atoms with E-state index in [9.17, 15) is 0 Å². The summed E-state index contributed by atoms with van der Waals surface area (Å²) in [6.07, 6.45) is 1.52. The fraction of sp³-hybridized carbons (Fsp3) is 1.00. The zero-order chi connectivity index (χ0) is 7.84. The number of fused-ring (bicyclic) bond motifs is 1. The first kappa shape index (κ1) is 7.53. The normalized spacial score (nSPS) is 45.8. The topological polar surface area (TPSA) is 38.5 Å². The van der Waals surface area contributed by atoms with E-state index >= 15 is 0 Å². The number of hydrogen-bond acceptors (Lipinski definition) is 3. The van der Waals surface area contributed by atoms with Crippen LogP contribution in [0, 0.1) is 0 Å². The summed E-state index contributed by atoms with van der Waals surface area (Å²) in [6, 6.07) is 0.995. The van der Waals surface area contributed by atoms with E-state index in [1.165, 1.54) is 0 Å². The Morgan fingerprint density at radius 1 is 1.45 bits per heavy atom. The summed E-state index contributed by atoms with van der Waals surface area (Å²) in [4.78, 5) is 2.46. The molecule has 2 aliphatic heterocycles. The van der Waals surface area contributed by atoms with Crippen molar-refractivity contribution >= 4 is 0 Å². The van der Waals surface area contributed by atoms with Crippen molar-refractivity contribution in [3.63, 3.8) is 0 Å². The van der Waals surface area contributed by atoms with E-state index in [0.717, 1.165) is 26.1 Å². The number of hydrogen-bond donors (Lipinski definition) is 1. The number of nitrogens with two attached hydrogens (primary N) is 1. The third-order valence-electron chi connectivity index (χ3n) is 2.62. The van der Waals surface area contributed by atoms with Crippen molar-refractivity contribution in [3.8, 4) is 0 Å². The number of morpholine rings is 1. The van der Waals surface area contributed by atoms with Gasteiger partial charge in [-0.05, 0) is 13.3 Å². The molecule has 0 amide bonds. The molecule has 0 spiro atoms. The standard InChI is InChI=1S/C8H16N2O/c1-6-3-10-4-7(9)2-8(10)5-11-6/h6-8H,2-5,9H2,1H3/t6-,7+,8-/m0/s1. The second-order valence-corrected chi connectivity index (χ2v) is 3.75. The Morgan fingerprint density at radius 2 is 2.27 bits per heavy atom. The molecular formula is C8H16N2O. The van der Waals surface area contributed by atoms with Crippen LogP contribution in [0.5, 0.6) is 0 Å². The Hall–Kier alpha value is -0.120. The highest BCUT2D eigenvalue weighted by Crippen LogP contribution is 2.21. The van der Waals surface area contributed by atoms with E-state index < -0.39 is 0 Å². The van der Waals surface area contributed by atoms with Gasteiger partial charge in [-0.3, -0.25) is 4.90 Å². The predicted molar refractivity (Wildman–Crippen MR) is 43.4 cm³/mol. The Balaban J connectivity index is 1.97. The van der Waals surface area contributed by atoms with Crippen LogP contribution < -0.4 is 5.73 Å². The summed E-state index contributed by atoms with van der Waals surface area (Å²) in [5.41, 5.74) is 5.84. The van der Waals surface area contributed by atoms with Crippen LogP contribution in [0.2, 0.25) is 0 Å². The van der Waals surface area contributed by atoms with Crippen LogP contribution in [0.3, 0.4) is 0 Å². The van der Waals surface area contributed by atoms with Gasteiger partial charge in [-0.2, -0.15) is 0 Å². The Kier molecular flexibility index (Phi) is 1.87. The number of rotatable bonds is 0. The van der Waals surface area contributed by atoms with Gasteiger partial charge in [0.1, 0.15) is 0 Å². The van der Waals surface area contributed by atoms with E-state index in [1.54, 1.807) is 0 Å². The van der Waals surface area contributed by atoms with Crippen molar-refractivity contribution in [2.45, 2.75) is 31.5 Å². The number of nitrogens with zero attached hydrogens (tertiary/aromatic N) is 1. The van der Waals surface area contributed by atoms with E-state index in [2.05, 4.69) is 11.8 Å². The maximum Gasteiger partial charge on any atom is 0.0674 e. The summed E-state index contributed by atoms with van der Waals surface area (Å²) in [7, 11) is 0. The van der Waals surface area contributed by atoms with Gasteiger partial charge in [0.25, 0.3) is 0 Å². The summed E-state index contributed by atoms with van der Waals surface area (Å²) in [5, 5.41) is 0. The van der Waals surface area contributed by atoms with Gasteiger partial charge in [0.05, 0.1) is 12.7 Å². The van der Waals surface area contributed by atoms with Gasteiger partial charge in [0, 0.05) is 25.2 Å². The molecule has 3 atom stereocenters. The van der Waals surface area contributed by atoms with E-state index in [1.807, 2.05) is 0 Å². The molecule has 0 unspecified atom stereocenters. The molecule has 0 saturated carbocycles. The minimum atomic E-state index is 0.383. The lowest BCUT2D eigenvalue weighted by Crippen LogP contribution is -2.45. The molecule has 0 aromatic heterocycles. The Bertz CT molecular complexity index is 151. The third-order valence-corrected chi connectivity index (χ3v) is 2.62. The molecule has 64 valence electrons. The molecule has 2 aliphatic rings. The fourth-order valence-corrected chi connectivity index (χ4v) is 2.08. The van der Waals surface area contributed by atoms with Gasteiger partial charge in [-0.15, -0.1) is 0 Å². The van der Waals surface area contributed by atoms with E-state index in [0.29, 0.717) is 18.2 Å². The molecule has 0 aromatic rings. The van der Waals surface area contributed by atoms with Crippen LogP contribution >= 0.6 is 0 Å². The Labute approximate surface area is 67.5 Å². The molecular weight excluding hydrogens is 140 g/mol. The van der Waals surface area contributed by atoms with Gasteiger partial charge < -0.3 is 10.5 Å². The summed E-state index contributed by atoms with van der Waals surface area (Å²) in [6.45, 7) is 5.14. The average Bonchev–Trinajstić information content (AvgIpc) is 2.27. The molecule has 2 rings (SSSR count). The van der Waals surface area contributed by atoms with Crippen LogP contribution in [0.25, 0.3) is 0 Å². The zero-order valence-electron chi connectivity index (χ0n) is 6.99. The molecule has 2 fully saturated rings. The highest BCUT2D eigenvalue weighted by atomic mass is 16.5. The van der Waals surface area contributed by atoms with Crippen molar-refractivity contribution < 1.29 is 4.74 Å². The van der Waals surface area contributed by atoms with E-state index in [-0.39, 0.29) is 0 Å². The maximum absolute atomic E-state index is 5.84. The largest absolute Gasteiger partial charge is 0.376 e. The van der Waals surface area contributed by atoms with Gasteiger partial charge in [-0.25, -0.2) is 0 Å². The molecule has 2 saturated heterocycles. The quantitative estimate of drug-likeness (QED) is 0.528. The van der Waals surface area contributed by atoms with Gasteiger partial charge in [-0.1, -0.05) is 0 Å². The van der Waals surface area contributed by atoms with Gasteiger partial charge in [0.15, 0.2) is 0 Å². The minimum absolute atomic E-state index is 0.383. The second kappa shape index (κ2) is 2.73. The first-order valence-electron chi connectivity index (χ1n) is 4.37. The molecule has 2 N–H and O–H groups in total.